The van der Waals surface area contributed by atoms with Crippen LogP contribution < -0.4 is 15.0 Å². The lowest BCUT2D eigenvalue weighted by Gasteiger charge is -2.08. The molecule has 0 spiro atoms. The van der Waals surface area contributed by atoms with Gasteiger partial charge in [-0.25, -0.2) is 9.48 Å². The van der Waals surface area contributed by atoms with Gasteiger partial charge in [0, 0.05) is 21.1 Å². The molecule has 0 aliphatic heterocycles. The van der Waals surface area contributed by atoms with E-state index in [9.17, 15) is 13.2 Å². The summed E-state index contributed by atoms with van der Waals surface area (Å²) in [6.45, 7) is 0. The van der Waals surface area contributed by atoms with Crippen molar-refractivity contribution < 1.29 is 17.9 Å². The molecular weight excluding hydrogens is 419 g/mol. The fourth-order valence-corrected chi connectivity index (χ4v) is 1.94. The molecule has 0 saturated heterocycles. The maximum absolute atomic E-state index is 10.9. The van der Waals surface area contributed by atoms with Crippen LogP contribution in [0.3, 0.4) is 0 Å². The molecule has 0 unspecified atom stereocenters. The average molecular weight is 435 g/mol. The van der Waals surface area contributed by atoms with Crippen LogP contribution >= 0.6 is 23.2 Å². The third-order valence-electron chi connectivity index (χ3n) is 2.56. The average Bonchev–Trinajstić information content (AvgIpc) is 2.96. The minimum absolute atomic E-state index is 0.00889. The number of halogens is 2. The minimum atomic E-state index is -2.79. The number of urea groups is 1. The highest BCUT2D eigenvalue weighted by molar-refractivity contribution is 7.62. The largest absolute Gasteiger partial charge is 0.444 e. The number of rotatable bonds is 4. The van der Waals surface area contributed by atoms with Gasteiger partial charge in [-0.2, -0.15) is 13.4 Å². The highest BCUT2D eigenvalue weighted by Crippen LogP contribution is 2.15. The Morgan fingerprint density at radius 1 is 1.33 bits per heavy atom. The van der Waals surface area contributed by atoms with E-state index in [-0.39, 0.29) is 11.2 Å². The summed E-state index contributed by atoms with van der Waals surface area (Å²) in [6, 6.07) is 8.15. The molecule has 0 fully saturated rings. The van der Waals surface area contributed by atoms with Gasteiger partial charge in [-0.1, -0.05) is 34.2 Å². The van der Waals surface area contributed by atoms with Crippen molar-refractivity contribution in [3.63, 3.8) is 0 Å². The predicted molar refractivity (Wildman–Crippen MR) is 103 cm³/mol. The van der Waals surface area contributed by atoms with E-state index in [0.717, 1.165) is 0 Å². The second kappa shape index (κ2) is 11.2. The van der Waals surface area contributed by atoms with Crippen molar-refractivity contribution >= 4 is 51.6 Å². The lowest BCUT2D eigenvalue weighted by molar-refractivity contribution is 0.259. The third-order valence-corrected chi connectivity index (χ3v) is 3.37. The number of amides is 2. The first kappa shape index (κ1) is 22.4. The number of ether oxygens (including phenoxy) is 1. The highest BCUT2D eigenvalue weighted by Gasteiger charge is 2.10. The number of nitrogens with one attached hydrogen (secondary N) is 1. The summed E-state index contributed by atoms with van der Waals surface area (Å²) < 4.78 is 29.4. The monoisotopic (exact) mass is 434 g/mol. The Morgan fingerprint density at radius 2 is 1.96 bits per heavy atom. The molecule has 2 aromatic rings. The predicted octanol–water partition coefficient (Wildman–Crippen LogP) is 2.82. The van der Waals surface area contributed by atoms with Crippen LogP contribution in [0.15, 0.2) is 45.4 Å². The highest BCUT2D eigenvalue weighted by atomic mass is 35.5. The van der Waals surface area contributed by atoms with E-state index in [1.54, 1.807) is 38.2 Å². The number of benzene rings is 1. The van der Waals surface area contributed by atoms with Crippen LogP contribution in [0, 0.1) is 0 Å². The number of anilines is 2. The SMILES string of the molecule is CN(C)c1nc(NC(=O)N=S(=O)=O)nn1C.ClC=C(Cl)Oc1ccccc1. The summed E-state index contributed by atoms with van der Waals surface area (Å²) in [6.07, 6.45) is 0. The molecule has 146 valence electrons. The summed E-state index contributed by atoms with van der Waals surface area (Å²) in [5.74, 6) is 1.18. The van der Waals surface area contributed by atoms with Gasteiger partial charge in [-0.3, -0.25) is 5.32 Å². The zero-order valence-electron chi connectivity index (χ0n) is 14.5. The number of hydrogen-bond acceptors (Lipinski definition) is 7. The van der Waals surface area contributed by atoms with Crippen LogP contribution in [-0.2, 0) is 17.5 Å². The van der Waals surface area contributed by atoms with Gasteiger partial charge in [-0.15, -0.1) is 5.10 Å². The summed E-state index contributed by atoms with van der Waals surface area (Å²) in [4.78, 5) is 16.6. The van der Waals surface area contributed by atoms with E-state index in [2.05, 4.69) is 19.8 Å². The van der Waals surface area contributed by atoms with Crippen LogP contribution in [0.5, 0.6) is 5.75 Å². The van der Waals surface area contributed by atoms with Gasteiger partial charge in [0.05, 0.1) is 5.54 Å². The number of para-hydroxylation sites is 1. The molecule has 2 amide bonds. The summed E-state index contributed by atoms with van der Waals surface area (Å²) >= 11 is 10.8. The molecule has 1 aromatic heterocycles. The number of aromatic nitrogens is 3. The molecule has 0 radical (unpaired) electrons. The smallest absolute Gasteiger partial charge is 0.362 e. The molecule has 10 nitrogen and oxygen atoms in total. The fourth-order valence-electron chi connectivity index (χ4n) is 1.63. The zero-order chi connectivity index (χ0) is 20.4. The van der Waals surface area contributed by atoms with Crippen molar-refractivity contribution in [3.05, 3.63) is 41.1 Å². The first-order valence-electron chi connectivity index (χ1n) is 7.12. The van der Waals surface area contributed by atoms with Crippen molar-refractivity contribution in [1.29, 1.82) is 0 Å². The van der Waals surface area contributed by atoms with Gasteiger partial charge < -0.3 is 9.64 Å². The van der Waals surface area contributed by atoms with Gasteiger partial charge in [-0.05, 0) is 23.7 Å². The van der Waals surface area contributed by atoms with Gasteiger partial charge in [0.1, 0.15) is 5.75 Å². The zero-order valence-corrected chi connectivity index (χ0v) is 16.8. The Hall–Kier alpha value is -2.63. The lowest BCUT2D eigenvalue weighted by atomic mass is 10.3. The van der Waals surface area contributed by atoms with E-state index in [1.165, 1.54) is 10.2 Å². The molecule has 2 rings (SSSR count). The Kier molecular flexibility index (Phi) is 9.26. The summed E-state index contributed by atoms with van der Waals surface area (Å²) in [5.41, 5.74) is 1.18. The van der Waals surface area contributed by atoms with Crippen LogP contribution in [0.4, 0.5) is 16.7 Å². The minimum Gasteiger partial charge on any atom is -0.444 e. The quantitative estimate of drug-likeness (QED) is 0.734. The molecule has 1 N–H and O–H groups in total. The van der Waals surface area contributed by atoms with Gasteiger partial charge >= 0.3 is 16.5 Å². The van der Waals surface area contributed by atoms with E-state index in [4.69, 9.17) is 27.9 Å². The first-order chi connectivity index (χ1) is 12.7. The Balaban J connectivity index is 0.000000289. The van der Waals surface area contributed by atoms with Crippen molar-refractivity contribution in [2.24, 2.45) is 11.4 Å². The maximum atomic E-state index is 10.9. The summed E-state index contributed by atoms with van der Waals surface area (Å²) in [5, 5.41) is 6.14. The molecular formula is C14H16Cl2N6O4S. The fraction of sp³-hybridized carbons (Fsp3) is 0.214. The topological polar surface area (TPSA) is 119 Å². The Labute approximate surface area is 167 Å². The van der Waals surface area contributed by atoms with Crippen LogP contribution in [0.25, 0.3) is 0 Å². The number of carbonyl (C=O) groups is 1. The molecule has 0 bridgehead atoms. The van der Waals surface area contributed by atoms with E-state index in [0.29, 0.717) is 11.7 Å². The maximum Gasteiger partial charge on any atom is 0.362 e. The molecule has 13 heteroatoms. The Morgan fingerprint density at radius 3 is 2.44 bits per heavy atom. The second-order valence-corrected chi connectivity index (χ2v) is 6.03. The molecule has 0 atom stereocenters. The standard InChI is InChI=1S/C8H6Cl2O.C6H10N6O3S/c9-6-8(10)11-7-4-2-1-3-5-7;1-11(2)6-8-4(9-12(6)3)7-5(13)10-16(14)15/h1-6H;1-3H3,(H,7,9,13). The van der Waals surface area contributed by atoms with Crippen molar-refractivity contribution in [1.82, 2.24) is 14.8 Å². The van der Waals surface area contributed by atoms with Crippen molar-refractivity contribution in [2.45, 2.75) is 0 Å². The molecule has 0 aliphatic rings. The molecule has 1 aromatic carbocycles. The normalized spacial score (nSPS) is 10.3. The van der Waals surface area contributed by atoms with E-state index < -0.39 is 16.5 Å². The molecule has 1 heterocycles. The van der Waals surface area contributed by atoms with Gasteiger partial charge in [0.25, 0.3) is 5.95 Å². The second-order valence-electron chi connectivity index (χ2n) is 4.82. The molecule has 0 saturated carbocycles. The third kappa shape index (κ3) is 8.53. The number of aryl methyl sites for hydroxylation is 1. The van der Waals surface area contributed by atoms with E-state index >= 15 is 0 Å². The van der Waals surface area contributed by atoms with Gasteiger partial charge in [0.2, 0.25) is 11.2 Å². The number of carbonyl (C=O) groups excluding carboxylic acids is 1. The van der Waals surface area contributed by atoms with E-state index in [1.807, 2.05) is 18.2 Å². The summed E-state index contributed by atoms with van der Waals surface area (Å²) in [7, 11) is 2.37. The van der Waals surface area contributed by atoms with Crippen LogP contribution in [0.2, 0.25) is 0 Å². The van der Waals surface area contributed by atoms with Crippen molar-refractivity contribution in [3.8, 4) is 5.75 Å². The van der Waals surface area contributed by atoms with Crippen LogP contribution in [-0.4, -0.2) is 43.3 Å². The number of hydrogen-bond donors (Lipinski definition) is 1. The molecule has 0 aliphatic carbocycles. The van der Waals surface area contributed by atoms with Gasteiger partial charge in [0.15, 0.2) is 0 Å². The number of nitrogens with zero attached hydrogens (tertiary/aromatic N) is 5. The Bertz CT molecular complexity index is 920. The van der Waals surface area contributed by atoms with Crippen molar-refractivity contribution in [2.75, 3.05) is 24.3 Å². The lowest BCUT2D eigenvalue weighted by Crippen LogP contribution is -2.14. The molecule has 27 heavy (non-hydrogen) atoms. The first-order valence-corrected chi connectivity index (χ1v) is 8.96. The van der Waals surface area contributed by atoms with Crippen LogP contribution in [0.1, 0.15) is 0 Å².